The van der Waals surface area contributed by atoms with Gasteiger partial charge in [0.2, 0.25) is 0 Å². The second kappa shape index (κ2) is 10.7. The number of benzene rings is 1. The van der Waals surface area contributed by atoms with Crippen LogP contribution in [0.5, 0.6) is 0 Å². The molecule has 2 N–H and O–H groups in total. The van der Waals surface area contributed by atoms with Gasteiger partial charge in [0.1, 0.15) is 18.0 Å². The maximum absolute atomic E-state index is 14.4. The van der Waals surface area contributed by atoms with Crippen molar-refractivity contribution in [3.05, 3.63) is 47.3 Å². The second-order valence-corrected chi connectivity index (χ2v) is 13.5. The molecule has 0 saturated heterocycles. The van der Waals surface area contributed by atoms with Crippen LogP contribution < -0.4 is 0 Å². The van der Waals surface area contributed by atoms with Crippen LogP contribution in [0.25, 0.3) is 0 Å². The Hall–Kier alpha value is -1.72. The van der Waals surface area contributed by atoms with Crippen molar-refractivity contribution in [2.24, 2.45) is 40.4 Å². The Bertz CT molecular complexity index is 1050. The maximum atomic E-state index is 14.4. The molecular weight excluding hydrogens is 479 g/mol. The van der Waals surface area contributed by atoms with Crippen molar-refractivity contribution in [2.45, 2.75) is 110 Å². The highest BCUT2D eigenvalue weighted by atomic mass is 19.1. The van der Waals surface area contributed by atoms with Gasteiger partial charge >= 0.3 is 5.97 Å². The average Bonchev–Trinajstić information content (AvgIpc) is 3.23. The minimum atomic E-state index is -0.695. The topological polar surface area (TPSA) is 66.8 Å². The summed E-state index contributed by atoms with van der Waals surface area (Å²) in [6.45, 7) is 8.70. The van der Waals surface area contributed by atoms with Crippen LogP contribution in [-0.2, 0) is 9.53 Å². The SMILES string of the molecule is CC(=O)OC(CCC[C@@H](C)[C@H]1CC[C@H]2[C@@H]3CC=C4[C@@H](O)[C@@H](O)CC[C@]4(C)[C@H]3CC[C@]12C)c1ccccc1F. The number of hydrogen-bond acceptors (Lipinski definition) is 4. The van der Waals surface area contributed by atoms with Crippen LogP contribution in [0.2, 0.25) is 0 Å². The number of aliphatic hydroxyl groups is 2. The van der Waals surface area contributed by atoms with Gasteiger partial charge in [-0.15, -0.1) is 0 Å². The number of allylic oxidation sites excluding steroid dienone is 1. The largest absolute Gasteiger partial charge is 0.458 e. The molecule has 10 atom stereocenters. The molecule has 3 fully saturated rings. The van der Waals surface area contributed by atoms with Gasteiger partial charge in [-0.2, -0.15) is 0 Å². The van der Waals surface area contributed by atoms with Gasteiger partial charge in [-0.25, -0.2) is 4.39 Å². The van der Waals surface area contributed by atoms with Crippen molar-refractivity contribution in [3.8, 4) is 0 Å². The number of rotatable bonds is 7. The van der Waals surface area contributed by atoms with E-state index in [-0.39, 0.29) is 17.2 Å². The van der Waals surface area contributed by atoms with Crippen molar-refractivity contribution in [1.29, 1.82) is 0 Å². The zero-order chi connectivity index (χ0) is 27.2. The first-order chi connectivity index (χ1) is 18.1. The summed E-state index contributed by atoms with van der Waals surface area (Å²) in [5.41, 5.74) is 1.93. The molecule has 0 amide bonds. The first kappa shape index (κ1) is 27.8. The summed E-state index contributed by atoms with van der Waals surface area (Å²) < 4.78 is 20.0. The van der Waals surface area contributed by atoms with Gasteiger partial charge in [-0.1, -0.05) is 51.5 Å². The van der Waals surface area contributed by atoms with E-state index in [0.29, 0.717) is 53.4 Å². The molecule has 5 rings (SSSR count). The van der Waals surface area contributed by atoms with Crippen molar-refractivity contribution in [2.75, 3.05) is 0 Å². The van der Waals surface area contributed by atoms with Crippen LogP contribution in [0.1, 0.15) is 104 Å². The van der Waals surface area contributed by atoms with Crippen molar-refractivity contribution in [3.63, 3.8) is 0 Å². The molecule has 210 valence electrons. The lowest BCUT2D eigenvalue weighted by Gasteiger charge is -2.59. The Labute approximate surface area is 228 Å². The Morgan fingerprint density at radius 2 is 1.84 bits per heavy atom. The highest BCUT2D eigenvalue weighted by molar-refractivity contribution is 5.66. The van der Waals surface area contributed by atoms with E-state index in [2.05, 4.69) is 26.8 Å². The Kier molecular flexibility index (Phi) is 7.83. The summed E-state index contributed by atoms with van der Waals surface area (Å²) >= 11 is 0. The molecule has 0 radical (unpaired) electrons. The lowest BCUT2D eigenvalue weighted by molar-refractivity contribution is -0.147. The molecule has 0 aliphatic heterocycles. The molecular formula is C33H47FO4. The predicted octanol–water partition coefficient (Wildman–Crippen LogP) is 7.15. The van der Waals surface area contributed by atoms with Crippen molar-refractivity contribution >= 4 is 5.97 Å². The summed E-state index contributed by atoms with van der Waals surface area (Å²) in [5.74, 6) is 2.53. The molecule has 1 aromatic rings. The Morgan fingerprint density at radius 1 is 1.08 bits per heavy atom. The third-order valence-corrected chi connectivity index (χ3v) is 11.6. The molecule has 4 aliphatic rings. The Morgan fingerprint density at radius 3 is 2.58 bits per heavy atom. The molecule has 4 nitrogen and oxygen atoms in total. The highest BCUT2D eigenvalue weighted by Crippen LogP contribution is 2.67. The first-order valence-corrected chi connectivity index (χ1v) is 15.0. The van der Waals surface area contributed by atoms with Crippen molar-refractivity contribution < 1.29 is 24.1 Å². The van der Waals surface area contributed by atoms with Crippen LogP contribution in [-0.4, -0.2) is 28.4 Å². The minimum Gasteiger partial charge on any atom is -0.458 e. The van der Waals surface area contributed by atoms with Gasteiger partial charge in [0.25, 0.3) is 0 Å². The van der Waals surface area contributed by atoms with Crippen LogP contribution in [0, 0.1) is 46.2 Å². The second-order valence-electron chi connectivity index (χ2n) is 13.5. The molecule has 0 spiro atoms. The van der Waals surface area contributed by atoms with E-state index in [0.717, 1.165) is 31.3 Å². The van der Waals surface area contributed by atoms with Gasteiger partial charge < -0.3 is 14.9 Å². The lowest BCUT2D eigenvalue weighted by atomic mass is 9.46. The molecule has 0 heterocycles. The Balaban J connectivity index is 1.25. The summed E-state index contributed by atoms with van der Waals surface area (Å²) in [6.07, 6.45) is 10.8. The van der Waals surface area contributed by atoms with E-state index in [9.17, 15) is 19.4 Å². The zero-order valence-electron chi connectivity index (χ0n) is 23.7. The van der Waals surface area contributed by atoms with E-state index in [4.69, 9.17) is 4.74 Å². The third kappa shape index (κ3) is 4.76. The van der Waals surface area contributed by atoms with Gasteiger partial charge in [0.15, 0.2) is 0 Å². The average molecular weight is 527 g/mol. The molecule has 1 aromatic carbocycles. The number of hydrogen-bond donors (Lipinski definition) is 2. The molecule has 3 saturated carbocycles. The maximum Gasteiger partial charge on any atom is 0.303 e. The van der Waals surface area contributed by atoms with E-state index >= 15 is 0 Å². The number of halogens is 1. The molecule has 38 heavy (non-hydrogen) atoms. The number of carbonyl (C=O) groups excluding carboxylic acids is 1. The number of esters is 1. The van der Waals surface area contributed by atoms with Crippen molar-refractivity contribution in [1.82, 2.24) is 0 Å². The van der Waals surface area contributed by atoms with E-state index in [1.807, 2.05) is 0 Å². The quantitative estimate of drug-likeness (QED) is 0.293. The summed E-state index contributed by atoms with van der Waals surface area (Å²) in [4.78, 5) is 11.7. The molecule has 0 aromatic heterocycles. The molecule has 1 unspecified atom stereocenters. The van der Waals surface area contributed by atoms with Gasteiger partial charge in [0.05, 0.1) is 6.10 Å². The molecule has 4 aliphatic carbocycles. The smallest absolute Gasteiger partial charge is 0.303 e. The fourth-order valence-corrected chi connectivity index (χ4v) is 9.73. The standard InChI is InChI=1S/C33H47FO4/c1-20(8-7-11-30(38-21(2)35)23-9-5-6-10-28(23)34)24-14-15-25-22-12-13-27-31(37)29(36)17-19-33(27,4)26(22)16-18-32(24,25)3/h5-6,9-10,13,20,22,24-26,29-31,36-37H,7-8,11-12,14-19H2,1-4H3/t20-,22+,24-,25+,26+,29+,30?,31-,32-,33-/m1/s1. The first-order valence-electron chi connectivity index (χ1n) is 15.0. The normalized spacial score (nSPS) is 39.8. The summed E-state index contributed by atoms with van der Waals surface area (Å²) in [7, 11) is 0. The van der Waals surface area contributed by atoms with Crippen LogP contribution in [0.4, 0.5) is 4.39 Å². The molecule has 5 heteroatoms. The van der Waals surface area contributed by atoms with E-state index < -0.39 is 18.3 Å². The lowest BCUT2D eigenvalue weighted by Crippen LogP contribution is -2.53. The predicted molar refractivity (Wildman–Crippen MR) is 147 cm³/mol. The monoisotopic (exact) mass is 526 g/mol. The van der Waals surface area contributed by atoms with E-state index in [1.54, 1.807) is 18.2 Å². The van der Waals surface area contributed by atoms with Gasteiger partial charge in [0, 0.05) is 12.5 Å². The fraction of sp³-hybridized carbons (Fsp3) is 0.727. The van der Waals surface area contributed by atoms with Crippen LogP contribution in [0.15, 0.2) is 35.9 Å². The number of carbonyl (C=O) groups is 1. The van der Waals surface area contributed by atoms with Gasteiger partial charge in [-0.3, -0.25) is 4.79 Å². The van der Waals surface area contributed by atoms with E-state index in [1.165, 1.54) is 38.7 Å². The summed E-state index contributed by atoms with van der Waals surface area (Å²) in [6, 6.07) is 6.63. The number of aliphatic hydroxyl groups excluding tert-OH is 2. The molecule has 0 bridgehead atoms. The third-order valence-electron chi connectivity index (χ3n) is 11.6. The van der Waals surface area contributed by atoms with Crippen LogP contribution in [0.3, 0.4) is 0 Å². The summed E-state index contributed by atoms with van der Waals surface area (Å²) in [5, 5.41) is 21.1. The fourth-order valence-electron chi connectivity index (χ4n) is 9.73. The van der Waals surface area contributed by atoms with Gasteiger partial charge in [-0.05, 0) is 110 Å². The minimum absolute atomic E-state index is 0.0189. The highest BCUT2D eigenvalue weighted by Gasteiger charge is 2.60. The number of fused-ring (bicyclic) bond motifs is 5. The van der Waals surface area contributed by atoms with Crippen LogP contribution >= 0.6 is 0 Å². The zero-order valence-corrected chi connectivity index (χ0v) is 23.7. The number of ether oxygens (including phenoxy) is 1.